The number of nitrogens with one attached hydrogen (secondary N) is 1. The lowest BCUT2D eigenvalue weighted by Crippen LogP contribution is -2.49. The molecule has 0 amide bonds. The van der Waals surface area contributed by atoms with E-state index in [1.165, 1.54) is 0 Å². The zero-order chi connectivity index (χ0) is 15.0. The van der Waals surface area contributed by atoms with Crippen LogP contribution in [0.3, 0.4) is 0 Å². The highest BCUT2D eigenvalue weighted by molar-refractivity contribution is 4.90. The summed E-state index contributed by atoms with van der Waals surface area (Å²) in [6, 6.07) is 1.07. The monoisotopic (exact) mass is 286 g/mol. The van der Waals surface area contributed by atoms with E-state index in [9.17, 15) is 5.11 Å². The molecular formula is C16H34N2O2. The molecule has 1 rings (SSSR count). The average Bonchev–Trinajstić information content (AvgIpc) is 2.87. The van der Waals surface area contributed by atoms with Crippen molar-refractivity contribution < 1.29 is 9.84 Å². The number of rotatable bonds is 10. The fraction of sp³-hybridized carbons (Fsp3) is 1.00. The van der Waals surface area contributed by atoms with Gasteiger partial charge in [-0.15, -0.1) is 0 Å². The van der Waals surface area contributed by atoms with Gasteiger partial charge < -0.3 is 15.2 Å². The van der Waals surface area contributed by atoms with Crippen molar-refractivity contribution in [2.24, 2.45) is 5.41 Å². The number of hydrogen-bond donors (Lipinski definition) is 2. The number of aliphatic hydroxyl groups excluding tert-OH is 1. The summed E-state index contributed by atoms with van der Waals surface area (Å²) in [4.78, 5) is 2.47. The zero-order valence-electron chi connectivity index (χ0n) is 13.8. The largest absolute Gasteiger partial charge is 0.395 e. The lowest BCUT2D eigenvalue weighted by Gasteiger charge is -2.38. The minimum Gasteiger partial charge on any atom is -0.395 e. The fourth-order valence-corrected chi connectivity index (χ4v) is 3.15. The molecule has 0 bridgehead atoms. The summed E-state index contributed by atoms with van der Waals surface area (Å²) in [7, 11) is 0. The van der Waals surface area contributed by atoms with Crippen LogP contribution in [0.2, 0.25) is 0 Å². The van der Waals surface area contributed by atoms with E-state index in [4.69, 9.17) is 4.74 Å². The fourth-order valence-electron chi connectivity index (χ4n) is 3.15. The smallest absolute Gasteiger partial charge is 0.0558 e. The van der Waals surface area contributed by atoms with E-state index in [1.54, 1.807) is 0 Å². The van der Waals surface area contributed by atoms with E-state index in [2.05, 4.69) is 37.9 Å². The predicted octanol–water partition coefficient (Wildman–Crippen LogP) is 1.87. The van der Waals surface area contributed by atoms with Gasteiger partial charge in [0, 0.05) is 43.7 Å². The van der Waals surface area contributed by atoms with E-state index in [0.717, 1.165) is 52.1 Å². The van der Waals surface area contributed by atoms with Gasteiger partial charge in [-0.3, -0.25) is 4.90 Å². The summed E-state index contributed by atoms with van der Waals surface area (Å²) in [5.74, 6) is 0. The highest BCUT2D eigenvalue weighted by Gasteiger charge is 2.37. The Labute approximate surface area is 124 Å². The third-order valence-corrected chi connectivity index (χ3v) is 4.45. The maximum atomic E-state index is 9.36. The quantitative estimate of drug-likeness (QED) is 0.643. The van der Waals surface area contributed by atoms with Crippen LogP contribution in [0.15, 0.2) is 0 Å². The topological polar surface area (TPSA) is 44.7 Å². The standard InChI is InChI=1S/C16H34N2O2/c1-5-15(6-2)18(8-9-19)12-16(7-10-20-13-16)11-17-14(3)4/h14-15,17,19H,5-13H2,1-4H3. The normalized spacial score (nSPS) is 23.4. The summed E-state index contributed by atoms with van der Waals surface area (Å²) >= 11 is 0. The third-order valence-electron chi connectivity index (χ3n) is 4.45. The van der Waals surface area contributed by atoms with Crippen LogP contribution in [0.4, 0.5) is 0 Å². The Morgan fingerprint density at radius 2 is 2.00 bits per heavy atom. The Balaban J connectivity index is 2.69. The highest BCUT2D eigenvalue weighted by Crippen LogP contribution is 2.30. The molecule has 0 aromatic heterocycles. The second kappa shape index (κ2) is 8.98. The van der Waals surface area contributed by atoms with Gasteiger partial charge in [0.05, 0.1) is 13.2 Å². The molecule has 0 aromatic carbocycles. The second-order valence-corrected chi connectivity index (χ2v) is 6.50. The average molecular weight is 286 g/mol. The number of hydrogen-bond acceptors (Lipinski definition) is 4. The first-order valence-electron chi connectivity index (χ1n) is 8.23. The Morgan fingerprint density at radius 3 is 2.45 bits per heavy atom. The molecule has 1 aliphatic heterocycles. The van der Waals surface area contributed by atoms with Crippen molar-refractivity contribution in [3.05, 3.63) is 0 Å². The third kappa shape index (κ3) is 5.32. The molecule has 120 valence electrons. The molecule has 0 spiro atoms. The molecule has 1 aliphatic rings. The van der Waals surface area contributed by atoms with Crippen molar-refractivity contribution in [3.63, 3.8) is 0 Å². The van der Waals surface area contributed by atoms with E-state index in [-0.39, 0.29) is 12.0 Å². The van der Waals surface area contributed by atoms with Gasteiger partial charge in [-0.05, 0) is 19.3 Å². The van der Waals surface area contributed by atoms with Gasteiger partial charge in [0.2, 0.25) is 0 Å². The summed E-state index contributed by atoms with van der Waals surface area (Å²) in [5, 5.41) is 12.9. The first kappa shape index (κ1) is 17.9. The van der Waals surface area contributed by atoms with E-state index in [1.807, 2.05) is 0 Å². The molecule has 4 heteroatoms. The van der Waals surface area contributed by atoms with Crippen LogP contribution in [0.1, 0.15) is 47.0 Å². The van der Waals surface area contributed by atoms with Gasteiger partial charge in [0.25, 0.3) is 0 Å². The van der Waals surface area contributed by atoms with Crippen LogP contribution in [-0.4, -0.2) is 61.5 Å². The van der Waals surface area contributed by atoms with Crippen molar-refractivity contribution in [2.45, 2.75) is 59.0 Å². The number of aliphatic hydroxyl groups is 1. The van der Waals surface area contributed by atoms with Crippen LogP contribution in [0.5, 0.6) is 0 Å². The first-order valence-corrected chi connectivity index (χ1v) is 8.23. The molecule has 1 atom stereocenters. The maximum absolute atomic E-state index is 9.36. The Bertz CT molecular complexity index is 249. The van der Waals surface area contributed by atoms with Crippen molar-refractivity contribution in [3.8, 4) is 0 Å². The molecule has 0 aromatic rings. The minimum absolute atomic E-state index is 0.210. The summed E-state index contributed by atoms with van der Waals surface area (Å²) in [5.41, 5.74) is 0.210. The molecule has 1 unspecified atom stereocenters. The lowest BCUT2D eigenvalue weighted by molar-refractivity contribution is 0.0672. The van der Waals surface area contributed by atoms with Crippen LogP contribution >= 0.6 is 0 Å². The Hall–Kier alpha value is -0.160. The highest BCUT2D eigenvalue weighted by atomic mass is 16.5. The SMILES string of the molecule is CCC(CC)N(CCO)CC1(CNC(C)C)CCOC1. The van der Waals surface area contributed by atoms with E-state index in [0.29, 0.717) is 12.1 Å². The van der Waals surface area contributed by atoms with Crippen molar-refractivity contribution in [1.29, 1.82) is 0 Å². The molecule has 0 saturated carbocycles. The van der Waals surface area contributed by atoms with Crippen LogP contribution in [0, 0.1) is 5.41 Å². The second-order valence-electron chi connectivity index (χ2n) is 6.50. The van der Waals surface area contributed by atoms with E-state index < -0.39 is 0 Å². The molecule has 4 nitrogen and oxygen atoms in total. The summed E-state index contributed by atoms with van der Waals surface area (Å²) < 4.78 is 5.69. The van der Waals surface area contributed by atoms with Crippen molar-refractivity contribution >= 4 is 0 Å². The van der Waals surface area contributed by atoms with Crippen molar-refractivity contribution in [2.75, 3.05) is 39.5 Å². The Kier molecular flexibility index (Phi) is 8.03. The summed E-state index contributed by atoms with van der Waals surface area (Å²) in [6.07, 6.45) is 3.41. The maximum Gasteiger partial charge on any atom is 0.0558 e. The zero-order valence-corrected chi connectivity index (χ0v) is 13.8. The summed E-state index contributed by atoms with van der Waals surface area (Å²) in [6.45, 7) is 13.6. The van der Waals surface area contributed by atoms with Gasteiger partial charge in [-0.1, -0.05) is 27.7 Å². The van der Waals surface area contributed by atoms with Crippen molar-refractivity contribution in [1.82, 2.24) is 10.2 Å². The van der Waals surface area contributed by atoms with Gasteiger partial charge in [-0.2, -0.15) is 0 Å². The molecule has 0 radical (unpaired) electrons. The molecule has 1 saturated heterocycles. The Morgan fingerprint density at radius 1 is 1.30 bits per heavy atom. The van der Waals surface area contributed by atoms with Crippen LogP contribution in [-0.2, 0) is 4.74 Å². The van der Waals surface area contributed by atoms with Crippen LogP contribution in [0.25, 0.3) is 0 Å². The first-order chi connectivity index (χ1) is 9.56. The molecule has 1 fully saturated rings. The number of nitrogens with zero attached hydrogens (tertiary/aromatic N) is 1. The lowest BCUT2D eigenvalue weighted by atomic mass is 9.85. The molecule has 1 heterocycles. The molecule has 2 N–H and O–H groups in total. The molecule has 20 heavy (non-hydrogen) atoms. The number of ether oxygens (including phenoxy) is 1. The van der Waals surface area contributed by atoms with Gasteiger partial charge in [0.1, 0.15) is 0 Å². The minimum atomic E-state index is 0.210. The van der Waals surface area contributed by atoms with Crippen LogP contribution < -0.4 is 5.32 Å². The van der Waals surface area contributed by atoms with E-state index >= 15 is 0 Å². The van der Waals surface area contributed by atoms with Gasteiger partial charge in [0.15, 0.2) is 0 Å². The predicted molar refractivity (Wildman–Crippen MR) is 84.0 cm³/mol. The van der Waals surface area contributed by atoms with Gasteiger partial charge in [-0.25, -0.2) is 0 Å². The van der Waals surface area contributed by atoms with Gasteiger partial charge >= 0.3 is 0 Å². The molecular weight excluding hydrogens is 252 g/mol. The molecule has 0 aliphatic carbocycles.